The molecule has 0 radical (unpaired) electrons. The Morgan fingerprint density at radius 2 is 2.19 bits per heavy atom. The molecule has 0 saturated heterocycles. The minimum absolute atomic E-state index is 0.0529. The Balaban J connectivity index is 2.26. The predicted molar refractivity (Wildman–Crippen MR) is 85.1 cm³/mol. The third kappa shape index (κ3) is 3.47. The quantitative estimate of drug-likeness (QED) is 0.645. The number of carbonyl (C=O) groups is 1. The zero-order valence-corrected chi connectivity index (χ0v) is 12.9. The van der Waals surface area contributed by atoms with E-state index in [0.29, 0.717) is 16.5 Å². The summed E-state index contributed by atoms with van der Waals surface area (Å²) in [4.78, 5) is 22.4. The van der Waals surface area contributed by atoms with E-state index in [1.807, 2.05) is 0 Å². The number of hydrogen-bond acceptors (Lipinski definition) is 5. The number of rotatable bonds is 5. The lowest BCUT2D eigenvalue weighted by atomic mass is 10.1. The molecule has 21 heavy (non-hydrogen) atoms. The Labute approximate surface area is 127 Å². The predicted octanol–water partition coefficient (Wildman–Crippen LogP) is 2.65. The average molecular weight is 309 g/mol. The monoisotopic (exact) mass is 309 g/mol. The summed E-state index contributed by atoms with van der Waals surface area (Å²) in [7, 11) is 1.50. The van der Waals surface area contributed by atoms with Crippen LogP contribution in [-0.4, -0.2) is 35.4 Å². The van der Waals surface area contributed by atoms with Crippen molar-refractivity contribution in [2.75, 3.05) is 18.6 Å². The van der Waals surface area contributed by atoms with E-state index in [2.05, 4.69) is 16.9 Å². The highest BCUT2D eigenvalue weighted by Crippen LogP contribution is 2.33. The lowest BCUT2D eigenvalue weighted by molar-refractivity contribution is -0.384. The first-order chi connectivity index (χ1) is 10.1. The van der Waals surface area contributed by atoms with Gasteiger partial charge in [-0.15, -0.1) is 0 Å². The number of nitro groups is 1. The number of nitrogens with zero attached hydrogens (tertiary/aromatic N) is 1. The van der Waals surface area contributed by atoms with Crippen molar-refractivity contribution in [2.45, 2.75) is 30.6 Å². The molecule has 2 atom stereocenters. The van der Waals surface area contributed by atoms with Crippen molar-refractivity contribution < 1.29 is 9.72 Å². The number of nitro benzene ring substituents is 1. The van der Waals surface area contributed by atoms with Gasteiger partial charge in [0.25, 0.3) is 11.6 Å². The highest BCUT2D eigenvalue weighted by Gasteiger charge is 2.28. The topological polar surface area (TPSA) is 84.3 Å². The third-order valence-corrected chi connectivity index (χ3v) is 4.95. The molecule has 0 heterocycles. The molecular formula is C14H19N3O3S. The number of carbonyl (C=O) groups excluding carboxylic acids is 1. The van der Waals surface area contributed by atoms with Crippen molar-refractivity contribution in [3.63, 3.8) is 0 Å². The van der Waals surface area contributed by atoms with Gasteiger partial charge in [0.15, 0.2) is 0 Å². The van der Waals surface area contributed by atoms with E-state index in [1.54, 1.807) is 23.9 Å². The summed E-state index contributed by atoms with van der Waals surface area (Å²) >= 11 is 1.79. The number of hydrogen-bond donors (Lipinski definition) is 2. The molecular weight excluding hydrogens is 290 g/mol. The highest BCUT2D eigenvalue weighted by molar-refractivity contribution is 7.99. The number of nitrogens with one attached hydrogen (secondary N) is 2. The van der Waals surface area contributed by atoms with Crippen LogP contribution >= 0.6 is 11.8 Å². The molecule has 1 aliphatic carbocycles. The van der Waals surface area contributed by atoms with E-state index in [1.165, 1.54) is 13.1 Å². The van der Waals surface area contributed by atoms with Gasteiger partial charge in [0.2, 0.25) is 0 Å². The molecule has 1 amide bonds. The van der Waals surface area contributed by atoms with Gasteiger partial charge in [-0.05, 0) is 31.2 Å². The van der Waals surface area contributed by atoms with E-state index in [0.717, 1.165) is 19.3 Å². The molecule has 2 rings (SSSR count). The van der Waals surface area contributed by atoms with Crippen LogP contribution in [0.2, 0.25) is 0 Å². The summed E-state index contributed by atoms with van der Waals surface area (Å²) in [6.45, 7) is 0. The van der Waals surface area contributed by atoms with E-state index >= 15 is 0 Å². The van der Waals surface area contributed by atoms with Crippen LogP contribution in [0, 0.1) is 10.1 Å². The molecule has 6 nitrogen and oxygen atoms in total. The fraction of sp³-hybridized carbons (Fsp3) is 0.500. The van der Waals surface area contributed by atoms with Gasteiger partial charge in [0, 0.05) is 30.0 Å². The molecule has 1 saturated carbocycles. The molecule has 0 aliphatic heterocycles. The van der Waals surface area contributed by atoms with Crippen molar-refractivity contribution in [1.29, 1.82) is 0 Å². The van der Waals surface area contributed by atoms with Gasteiger partial charge in [-0.2, -0.15) is 11.8 Å². The van der Waals surface area contributed by atoms with Gasteiger partial charge in [-0.25, -0.2) is 0 Å². The third-order valence-electron chi connectivity index (χ3n) is 3.78. The number of anilines is 1. The van der Waals surface area contributed by atoms with Crippen molar-refractivity contribution in [1.82, 2.24) is 5.32 Å². The summed E-state index contributed by atoms with van der Waals surface area (Å²) in [5.41, 5.74) is 0.726. The second-order valence-corrected chi connectivity index (χ2v) is 6.10. The lowest BCUT2D eigenvalue weighted by Crippen LogP contribution is -2.26. The number of benzene rings is 1. The molecule has 2 N–H and O–H groups in total. The molecule has 0 aromatic heterocycles. The Kier molecular flexibility index (Phi) is 5.06. The van der Waals surface area contributed by atoms with Gasteiger partial charge in [-0.3, -0.25) is 14.9 Å². The zero-order valence-electron chi connectivity index (χ0n) is 12.1. The van der Waals surface area contributed by atoms with Crippen molar-refractivity contribution in [2.24, 2.45) is 0 Å². The fourth-order valence-corrected chi connectivity index (χ4v) is 3.60. The van der Waals surface area contributed by atoms with Crippen molar-refractivity contribution in [3.05, 3.63) is 33.9 Å². The van der Waals surface area contributed by atoms with Gasteiger partial charge < -0.3 is 10.6 Å². The van der Waals surface area contributed by atoms with Crippen molar-refractivity contribution >= 4 is 29.0 Å². The summed E-state index contributed by atoms with van der Waals surface area (Å²) in [6, 6.07) is 4.80. The Morgan fingerprint density at radius 3 is 2.81 bits per heavy atom. The standard InChI is InChI=1S/C14H19N3O3S/c1-15-14(18)9-6-7-10(12(8-9)17(19)20)16-11-4-3-5-13(11)21-2/h6-8,11,13,16H,3-5H2,1-2H3,(H,15,18). The van der Waals surface area contributed by atoms with Crippen molar-refractivity contribution in [3.8, 4) is 0 Å². The Bertz CT molecular complexity index is 550. The van der Waals surface area contributed by atoms with E-state index < -0.39 is 4.92 Å². The molecule has 114 valence electrons. The Hall–Kier alpha value is -1.76. The van der Waals surface area contributed by atoms with Crippen LogP contribution in [0.15, 0.2) is 18.2 Å². The molecule has 1 fully saturated rings. The minimum atomic E-state index is -0.447. The number of amides is 1. The van der Waals surface area contributed by atoms with Crippen LogP contribution in [0.4, 0.5) is 11.4 Å². The average Bonchev–Trinajstić information content (AvgIpc) is 2.93. The Morgan fingerprint density at radius 1 is 1.43 bits per heavy atom. The van der Waals surface area contributed by atoms with Crippen LogP contribution in [-0.2, 0) is 0 Å². The molecule has 1 aliphatic rings. The number of thioether (sulfide) groups is 1. The molecule has 1 aromatic rings. The maximum atomic E-state index is 11.6. The second-order valence-electron chi connectivity index (χ2n) is 5.02. The van der Waals surface area contributed by atoms with E-state index in [4.69, 9.17) is 0 Å². The lowest BCUT2D eigenvalue weighted by Gasteiger charge is -2.20. The molecule has 2 unspecified atom stereocenters. The molecule has 0 bridgehead atoms. The van der Waals surface area contributed by atoms with Crippen LogP contribution in [0.1, 0.15) is 29.6 Å². The fourth-order valence-electron chi connectivity index (χ4n) is 2.66. The first-order valence-electron chi connectivity index (χ1n) is 6.86. The van der Waals surface area contributed by atoms with E-state index in [9.17, 15) is 14.9 Å². The van der Waals surface area contributed by atoms with Gasteiger partial charge >= 0.3 is 0 Å². The van der Waals surface area contributed by atoms with Crippen LogP contribution in [0.5, 0.6) is 0 Å². The normalized spacial score (nSPS) is 21.0. The first-order valence-corrected chi connectivity index (χ1v) is 8.15. The maximum absolute atomic E-state index is 11.6. The van der Waals surface area contributed by atoms with E-state index in [-0.39, 0.29) is 17.6 Å². The van der Waals surface area contributed by atoms with Crippen LogP contribution in [0.25, 0.3) is 0 Å². The summed E-state index contributed by atoms with van der Waals surface area (Å²) in [5, 5.41) is 17.5. The van der Waals surface area contributed by atoms with Gasteiger partial charge in [0.1, 0.15) is 5.69 Å². The van der Waals surface area contributed by atoms with Crippen LogP contribution in [0.3, 0.4) is 0 Å². The molecule has 1 aromatic carbocycles. The molecule has 0 spiro atoms. The minimum Gasteiger partial charge on any atom is -0.376 e. The van der Waals surface area contributed by atoms with Gasteiger partial charge in [-0.1, -0.05) is 6.42 Å². The summed E-state index contributed by atoms with van der Waals surface area (Å²) < 4.78 is 0. The van der Waals surface area contributed by atoms with Gasteiger partial charge in [0.05, 0.1) is 4.92 Å². The SMILES string of the molecule is CNC(=O)c1ccc(NC2CCCC2SC)c([N+](=O)[O-])c1. The second kappa shape index (κ2) is 6.80. The maximum Gasteiger partial charge on any atom is 0.293 e. The zero-order chi connectivity index (χ0) is 15.4. The van der Waals surface area contributed by atoms with Crippen LogP contribution < -0.4 is 10.6 Å². The largest absolute Gasteiger partial charge is 0.376 e. The first kappa shape index (κ1) is 15.6. The highest BCUT2D eigenvalue weighted by atomic mass is 32.2. The summed E-state index contributed by atoms with van der Waals surface area (Å²) in [6.07, 6.45) is 5.34. The molecule has 7 heteroatoms. The summed E-state index contributed by atoms with van der Waals surface area (Å²) in [5.74, 6) is -0.326. The smallest absolute Gasteiger partial charge is 0.293 e.